The highest BCUT2D eigenvalue weighted by atomic mass is 16.3. The summed E-state index contributed by atoms with van der Waals surface area (Å²) in [4.78, 5) is 2.46. The molecule has 13 rings (SSSR count). The molecule has 0 radical (unpaired) electrons. The third kappa shape index (κ3) is 5.53. The minimum absolute atomic E-state index is 0.895. The lowest BCUT2D eigenvalue weighted by Gasteiger charge is -2.31. The lowest BCUT2D eigenvalue weighted by Crippen LogP contribution is -2.12. The summed E-state index contributed by atoms with van der Waals surface area (Å²) < 4.78 is 13.0. The Hall–Kier alpha value is -8.40. The van der Waals surface area contributed by atoms with Crippen LogP contribution in [0.1, 0.15) is 0 Å². The Balaban J connectivity index is 1.06. The molecule has 2 aromatic heterocycles. The van der Waals surface area contributed by atoms with Gasteiger partial charge in [0, 0.05) is 55.0 Å². The van der Waals surface area contributed by atoms with Crippen molar-refractivity contribution in [3.63, 3.8) is 0 Å². The predicted molar refractivity (Wildman–Crippen MR) is 265 cm³/mol. The maximum absolute atomic E-state index is 6.52. The highest BCUT2D eigenvalue weighted by Gasteiger charge is 2.25. The molecule has 0 N–H and O–H groups in total. The van der Waals surface area contributed by atoms with Crippen molar-refractivity contribution in [3.05, 3.63) is 224 Å². The summed E-state index contributed by atoms with van der Waals surface area (Å²) in [7, 11) is 0. The van der Waals surface area contributed by atoms with Crippen LogP contribution in [0.25, 0.3) is 110 Å². The summed E-state index contributed by atoms with van der Waals surface area (Å²) in [5.74, 6) is 0. The van der Waals surface area contributed by atoms with Gasteiger partial charge in [0.25, 0.3) is 0 Å². The number of furan rings is 2. The summed E-state index contributed by atoms with van der Waals surface area (Å²) in [6.45, 7) is 0. The molecule has 0 saturated carbocycles. The van der Waals surface area contributed by atoms with Crippen LogP contribution in [-0.2, 0) is 0 Å². The first-order valence-electron chi connectivity index (χ1n) is 21.5. The molecule has 3 heteroatoms. The summed E-state index contributed by atoms with van der Waals surface area (Å²) >= 11 is 0. The topological polar surface area (TPSA) is 29.5 Å². The second-order valence-electron chi connectivity index (χ2n) is 16.3. The van der Waals surface area contributed by atoms with Crippen LogP contribution >= 0.6 is 0 Å². The van der Waals surface area contributed by atoms with Crippen molar-refractivity contribution in [3.8, 4) is 33.4 Å². The third-order valence-electron chi connectivity index (χ3n) is 12.9. The van der Waals surface area contributed by atoms with Gasteiger partial charge in [-0.25, -0.2) is 0 Å². The number of fused-ring (bicyclic) bond motifs is 10. The first-order chi connectivity index (χ1) is 31.3. The van der Waals surface area contributed by atoms with Crippen LogP contribution in [0.4, 0.5) is 17.1 Å². The van der Waals surface area contributed by atoms with E-state index in [1.54, 1.807) is 0 Å². The molecule has 0 aliphatic carbocycles. The minimum atomic E-state index is 0.895. The van der Waals surface area contributed by atoms with Gasteiger partial charge >= 0.3 is 0 Å². The zero-order chi connectivity index (χ0) is 41.4. The number of benzene rings is 11. The molecule has 0 atom stereocenters. The highest BCUT2D eigenvalue weighted by Crippen LogP contribution is 2.51. The van der Waals surface area contributed by atoms with E-state index >= 15 is 0 Å². The highest BCUT2D eigenvalue weighted by molar-refractivity contribution is 6.24. The Morgan fingerprint density at radius 3 is 1.24 bits per heavy atom. The van der Waals surface area contributed by atoms with E-state index in [0.717, 1.165) is 83.2 Å². The second kappa shape index (κ2) is 14.1. The number of hydrogen-bond donors (Lipinski definition) is 0. The average molecular weight is 804 g/mol. The Morgan fingerprint density at radius 2 is 0.667 bits per heavy atom. The van der Waals surface area contributed by atoms with Crippen molar-refractivity contribution < 1.29 is 8.83 Å². The molecule has 0 spiro atoms. The lowest BCUT2D eigenvalue weighted by molar-refractivity contribution is 0.669. The second-order valence-corrected chi connectivity index (χ2v) is 16.3. The Labute approximate surface area is 363 Å². The fourth-order valence-corrected chi connectivity index (χ4v) is 10.0. The molecule has 0 aliphatic rings. The number of rotatable bonds is 6. The fraction of sp³-hybridized carbons (Fsp3) is 0. The van der Waals surface area contributed by atoms with Crippen LogP contribution in [0.3, 0.4) is 0 Å². The molecule has 13 aromatic rings. The number of nitrogens with zero attached hydrogens (tertiary/aromatic N) is 1. The van der Waals surface area contributed by atoms with Gasteiger partial charge in [-0.2, -0.15) is 0 Å². The largest absolute Gasteiger partial charge is 0.455 e. The van der Waals surface area contributed by atoms with E-state index in [1.165, 1.54) is 43.4 Å². The van der Waals surface area contributed by atoms with E-state index in [0.29, 0.717) is 0 Å². The summed E-state index contributed by atoms with van der Waals surface area (Å²) in [5, 5.41) is 11.7. The van der Waals surface area contributed by atoms with Gasteiger partial charge in [0.2, 0.25) is 0 Å². The van der Waals surface area contributed by atoms with Crippen molar-refractivity contribution in [1.82, 2.24) is 0 Å². The van der Waals surface area contributed by atoms with Gasteiger partial charge in [-0.3, -0.25) is 0 Å². The van der Waals surface area contributed by atoms with Gasteiger partial charge in [0.1, 0.15) is 22.3 Å². The first-order valence-corrected chi connectivity index (χ1v) is 21.5. The normalized spacial score (nSPS) is 11.8. The molecule has 0 fully saturated rings. The van der Waals surface area contributed by atoms with Crippen LogP contribution in [0.2, 0.25) is 0 Å². The molecule has 294 valence electrons. The van der Waals surface area contributed by atoms with Crippen LogP contribution < -0.4 is 4.90 Å². The van der Waals surface area contributed by atoms with Crippen molar-refractivity contribution in [1.29, 1.82) is 0 Å². The van der Waals surface area contributed by atoms with Crippen LogP contribution in [0.15, 0.2) is 233 Å². The van der Waals surface area contributed by atoms with E-state index in [4.69, 9.17) is 8.83 Å². The molecule has 0 saturated heterocycles. The van der Waals surface area contributed by atoms with Gasteiger partial charge in [-0.15, -0.1) is 0 Å². The minimum Gasteiger partial charge on any atom is -0.455 e. The number of hydrogen-bond acceptors (Lipinski definition) is 3. The Bertz CT molecular complexity index is 3750. The number of anilines is 3. The summed E-state index contributed by atoms with van der Waals surface area (Å²) in [6.07, 6.45) is 0. The molecule has 0 amide bonds. The zero-order valence-electron chi connectivity index (χ0n) is 34.1. The maximum Gasteiger partial charge on any atom is 0.143 e. The average Bonchev–Trinajstić information content (AvgIpc) is 3.93. The van der Waals surface area contributed by atoms with E-state index in [1.807, 2.05) is 24.3 Å². The van der Waals surface area contributed by atoms with Gasteiger partial charge in [-0.05, 0) is 80.0 Å². The first kappa shape index (κ1) is 35.4. The molecule has 0 unspecified atom stereocenters. The van der Waals surface area contributed by atoms with Crippen molar-refractivity contribution in [2.75, 3.05) is 4.90 Å². The number of para-hydroxylation sites is 4. The predicted octanol–water partition coefficient (Wildman–Crippen LogP) is 17.4. The molecule has 3 nitrogen and oxygen atoms in total. The lowest BCUT2D eigenvalue weighted by atomic mass is 9.88. The van der Waals surface area contributed by atoms with Crippen molar-refractivity contribution in [2.45, 2.75) is 0 Å². The summed E-state index contributed by atoms with van der Waals surface area (Å²) in [6, 6.07) is 80.6. The molecule has 0 aliphatic heterocycles. The van der Waals surface area contributed by atoms with Gasteiger partial charge in [-0.1, -0.05) is 188 Å². The standard InChI is InChI=1S/C60H37NO2/c1-2-16-43-38(14-1)15-11-25-50(43)57-51-21-5-3-17-46(51)47-18-4-6-22-52(47)58(57)61(41-34-30-39(31-35-41)44-23-12-26-53-48-19-7-9-28-55(48)62-59(44)53)42-36-32-40(33-37-42)45-24-13-27-54-49-20-8-10-29-56(49)63-60(45)54/h1-37H. The fourth-order valence-electron chi connectivity index (χ4n) is 10.0. The molecule has 63 heavy (non-hydrogen) atoms. The molecule has 2 heterocycles. The van der Waals surface area contributed by atoms with Gasteiger partial charge < -0.3 is 13.7 Å². The SMILES string of the molecule is c1ccc2c(-c3c(N(c4ccc(-c5cccc6c5oc5ccccc56)cc4)c4ccc(-c5cccc6c5oc5ccccc56)cc4)c4ccccc4c4ccccc34)cccc2c1. The van der Waals surface area contributed by atoms with Crippen molar-refractivity contribution >= 4 is 93.3 Å². The van der Waals surface area contributed by atoms with E-state index in [9.17, 15) is 0 Å². The Kier molecular flexibility index (Phi) is 7.91. The smallest absolute Gasteiger partial charge is 0.143 e. The van der Waals surface area contributed by atoms with Gasteiger partial charge in [0.15, 0.2) is 0 Å². The molecule has 11 aromatic carbocycles. The van der Waals surface area contributed by atoms with E-state index in [-0.39, 0.29) is 0 Å². The van der Waals surface area contributed by atoms with Crippen LogP contribution in [-0.4, -0.2) is 0 Å². The van der Waals surface area contributed by atoms with Gasteiger partial charge in [0.05, 0.1) is 5.69 Å². The summed E-state index contributed by atoms with van der Waals surface area (Å²) in [5.41, 5.74) is 13.5. The monoisotopic (exact) mass is 803 g/mol. The maximum atomic E-state index is 6.52. The third-order valence-corrected chi connectivity index (χ3v) is 12.9. The van der Waals surface area contributed by atoms with Crippen molar-refractivity contribution in [2.24, 2.45) is 0 Å². The zero-order valence-corrected chi connectivity index (χ0v) is 34.1. The van der Waals surface area contributed by atoms with Crippen LogP contribution in [0, 0.1) is 0 Å². The molecule has 0 bridgehead atoms. The quantitative estimate of drug-likeness (QED) is 0.157. The van der Waals surface area contributed by atoms with E-state index < -0.39 is 0 Å². The van der Waals surface area contributed by atoms with Crippen LogP contribution in [0.5, 0.6) is 0 Å². The van der Waals surface area contributed by atoms with E-state index in [2.05, 4.69) is 205 Å². The molecular formula is C60H37NO2. The Morgan fingerprint density at radius 1 is 0.270 bits per heavy atom. The molecular weight excluding hydrogens is 767 g/mol.